The number of rotatable bonds is 2. The van der Waals surface area contributed by atoms with Crippen molar-refractivity contribution in [3.63, 3.8) is 0 Å². The van der Waals surface area contributed by atoms with Crippen LogP contribution in [0.4, 0.5) is 0 Å². The van der Waals surface area contributed by atoms with Crippen molar-refractivity contribution in [3.05, 3.63) is 34.7 Å². The van der Waals surface area contributed by atoms with E-state index in [2.05, 4.69) is 15.1 Å². The standard InChI is InChI=1S/C21H27N5O3/c1-2-17(27)26-10-7-15-19(23-13-22-15)21(26)8-11-25(12-9-21)20(28)18-14-5-3-4-6-16(14)29-24-18/h13H,2-12H2,1H3,(H,22,23). The predicted molar refractivity (Wildman–Crippen MR) is 104 cm³/mol. The number of carbonyl (C=O) groups excluding carboxylic acids is 2. The molecule has 8 heteroatoms. The normalized spacial score (nSPS) is 20.4. The smallest absolute Gasteiger partial charge is 0.276 e. The second-order valence-electron chi connectivity index (χ2n) is 8.34. The molecule has 2 aromatic heterocycles. The minimum absolute atomic E-state index is 0.0434. The van der Waals surface area contributed by atoms with E-state index in [4.69, 9.17) is 4.52 Å². The van der Waals surface area contributed by atoms with Gasteiger partial charge in [0.1, 0.15) is 5.76 Å². The van der Waals surface area contributed by atoms with Gasteiger partial charge >= 0.3 is 0 Å². The molecule has 2 aromatic rings. The van der Waals surface area contributed by atoms with Gasteiger partial charge in [0.25, 0.3) is 5.91 Å². The quantitative estimate of drug-likeness (QED) is 0.838. The van der Waals surface area contributed by atoms with Gasteiger partial charge in [-0.15, -0.1) is 0 Å². The Kier molecular flexibility index (Phi) is 4.44. The zero-order valence-corrected chi connectivity index (χ0v) is 16.9. The topological polar surface area (TPSA) is 95.3 Å². The lowest BCUT2D eigenvalue weighted by molar-refractivity contribution is -0.141. The van der Waals surface area contributed by atoms with E-state index in [0.29, 0.717) is 44.6 Å². The van der Waals surface area contributed by atoms with Gasteiger partial charge in [0.15, 0.2) is 5.69 Å². The van der Waals surface area contributed by atoms with E-state index in [-0.39, 0.29) is 11.8 Å². The van der Waals surface area contributed by atoms with Gasteiger partial charge in [0.05, 0.1) is 17.6 Å². The van der Waals surface area contributed by atoms with Crippen molar-refractivity contribution in [1.82, 2.24) is 24.9 Å². The van der Waals surface area contributed by atoms with Crippen molar-refractivity contribution in [2.45, 2.75) is 63.8 Å². The van der Waals surface area contributed by atoms with Crippen LogP contribution < -0.4 is 0 Å². The summed E-state index contributed by atoms with van der Waals surface area (Å²) in [6.07, 6.45) is 8.31. The lowest BCUT2D eigenvalue weighted by Crippen LogP contribution is -2.58. The first-order valence-electron chi connectivity index (χ1n) is 10.7. The largest absolute Gasteiger partial charge is 0.360 e. The molecule has 1 saturated heterocycles. The third-order valence-corrected chi connectivity index (χ3v) is 6.90. The molecule has 0 unspecified atom stereocenters. The number of imidazole rings is 1. The highest BCUT2D eigenvalue weighted by atomic mass is 16.5. The molecule has 1 fully saturated rings. The van der Waals surface area contributed by atoms with E-state index in [1.54, 1.807) is 6.33 Å². The van der Waals surface area contributed by atoms with Gasteiger partial charge in [-0.2, -0.15) is 0 Å². The lowest BCUT2D eigenvalue weighted by atomic mass is 9.78. The lowest BCUT2D eigenvalue weighted by Gasteiger charge is -2.50. The van der Waals surface area contributed by atoms with E-state index in [0.717, 1.165) is 54.8 Å². The molecule has 2 aliphatic heterocycles. The number of H-pyrrole nitrogens is 1. The highest BCUT2D eigenvalue weighted by Crippen LogP contribution is 2.43. The Morgan fingerprint density at radius 1 is 1.17 bits per heavy atom. The molecule has 2 amide bonds. The van der Waals surface area contributed by atoms with Crippen LogP contribution in [0.1, 0.15) is 72.2 Å². The zero-order chi connectivity index (χ0) is 20.0. The molecule has 5 rings (SSSR count). The molecule has 0 atom stereocenters. The van der Waals surface area contributed by atoms with Crippen molar-refractivity contribution in [3.8, 4) is 0 Å². The molecule has 0 aromatic carbocycles. The van der Waals surface area contributed by atoms with Gasteiger partial charge in [-0.1, -0.05) is 12.1 Å². The molecule has 1 aliphatic carbocycles. The number of hydrogen-bond donors (Lipinski definition) is 1. The fourth-order valence-corrected chi connectivity index (χ4v) is 5.32. The molecular weight excluding hydrogens is 370 g/mol. The van der Waals surface area contributed by atoms with Crippen LogP contribution in [0.25, 0.3) is 0 Å². The summed E-state index contributed by atoms with van der Waals surface area (Å²) in [6.45, 7) is 3.77. The summed E-state index contributed by atoms with van der Waals surface area (Å²) in [4.78, 5) is 37.6. The first-order valence-corrected chi connectivity index (χ1v) is 10.7. The molecule has 1 N–H and O–H groups in total. The number of nitrogens with one attached hydrogen (secondary N) is 1. The summed E-state index contributed by atoms with van der Waals surface area (Å²) in [5.74, 6) is 0.989. The zero-order valence-electron chi connectivity index (χ0n) is 16.9. The number of amides is 2. The summed E-state index contributed by atoms with van der Waals surface area (Å²) in [7, 11) is 0. The monoisotopic (exact) mass is 397 g/mol. The van der Waals surface area contributed by atoms with Gasteiger partial charge < -0.3 is 19.3 Å². The first-order chi connectivity index (χ1) is 14.1. The second kappa shape index (κ2) is 7.00. The van der Waals surface area contributed by atoms with E-state index in [9.17, 15) is 9.59 Å². The molecule has 1 spiro atoms. The van der Waals surface area contributed by atoms with E-state index in [1.807, 2.05) is 16.7 Å². The van der Waals surface area contributed by atoms with Crippen molar-refractivity contribution in [1.29, 1.82) is 0 Å². The maximum absolute atomic E-state index is 13.2. The third kappa shape index (κ3) is 2.80. The van der Waals surface area contributed by atoms with Crippen LogP contribution in [0.3, 0.4) is 0 Å². The van der Waals surface area contributed by atoms with Crippen LogP contribution in [0, 0.1) is 0 Å². The molecule has 0 radical (unpaired) electrons. The van der Waals surface area contributed by atoms with Crippen LogP contribution in [0.15, 0.2) is 10.9 Å². The fraction of sp³-hybridized carbons (Fsp3) is 0.619. The van der Waals surface area contributed by atoms with Gasteiger partial charge in [-0.3, -0.25) is 9.59 Å². The van der Waals surface area contributed by atoms with Crippen LogP contribution in [-0.2, 0) is 29.6 Å². The van der Waals surface area contributed by atoms with Crippen LogP contribution in [0.5, 0.6) is 0 Å². The molecule has 0 bridgehead atoms. The van der Waals surface area contributed by atoms with Gasteiger partial charge in [0, 0.05) is 50.2 Å². The van der Waals surface area contributed by atoms with Crippen LogP contribution in [-0.4, -0.2) is 56.4 Å². The number of nitrogens with zero attached hydrogens (tertiary/aromatic N) is 4. The Morgan fingerprint density at radius 3 is 2.76 bits per heavy atom. The highest BCUT2D eigenvalue weighted by molar-refractivity contribution is 5.94. The number of hydrogen-bond acceptors (Lipinski definition) is 5. The Labute approximate surface area is 169 Å². The van der Waals surface area contributed by atoms with Crippen LogP contribution in [0.2, 0.25) is 0 Å². The van der Waals surface area contributed by atoms with Crippen molar-refractivity contribution in [2.24, 2.45) is 0 Å². The van der Waals surface area contributed by atoms with E-state index >= 15 is 0 Å². The Balaban J connectivity index is 1.39. The maximum Gasteiger partial charge on any atom is 0.276 e. The van der Waals surface area contributed by atoms with Gasteiger partial charge in [-0.25, -0.2) is 4.98 Å². The van der Waals surface area contributed by atoms with Crippen molar-refractivity contribution in [2.75, 3.05) is 19.6 Å². The molecule has 29 heavy (non-hydrogen) atoms. The Morgan fingerprint density at radius 2 is 1.97 bits per heavy atom. The summed E-state index contributed by atoms with van der Waals surface area (Å²) < 4.78 is 5.44. The van der Waals surface area contributed by atoms with E-state index in [1.165, 1.54) is 0 Å². The third-order valence-electron chi connectivity index (χ3n) is 6.90. The second-order valence-corrected chi connectivity index (χ2v) is 8.34. The van der Waals surface area contributed by atoms with Crippen LogP contribution >= 0.6 is 0 Å². The van der Waals surface area contributed by atoms with Crippen molar-refractivity contribution < 1.29 is 14.1 Å². The van der Waals surface area contributed by atoms with Gasteiger partial charge in [0.2, 0.25) is 5.91 Å². The molecule has 4 heterocycles. The molecule has 0 saturated carbocycles. The summed E-state index contributed by atoms with van der Waals surface area (Å²) in [6, 6.07) is 0. The average molecular weight is 397 g/mol. The minimum atomic E-state index is -0.416. The number of aromatic nitrogens is 3. The number of aromatic amines is 1. The van der Waals surface area contributed by atoms with Gasteiger partial charge in [-0.05, 0) is 32.1 Å². The Hall–Kier alpha value is -2.64. The molecule has 8 nitrogen and oxygen atoms in total. The molecular formula is C21H27N5O3. The first kappa shape index (κ1) is 18.4. The predicted octanol–water partition coefficient (Wildman–Crippen LogP) is 2.20. The summed E-state index contributed by atoms with van der Waals surface area (Å²) in [5.41, 5.74) is 3.17. The number of fused-ring (bicyclic) bond motifs is 3. The summed E-state index contributed by atoms with van der Waals surface area (Å²) >= 11 is 0. The number of carbonyl (C=O) groups is 2. The average Bonchev–Trinajstić information content (AvgIpc) is 3.41. The maximum atomic E-state index is 13.2. The fourth-order valence-electron chi connectivity index (χ4n) is 5.32. The number of aryl methyl sites for hydroxylation is 1. The Bertz CT molecular complexity index is 938. The summed E-state index contributed by atoms with van der Waals surface area (Å²) in [5, 5.41) is 4.11. The molecule has 3 aliphatic rings. The number of piperidine rings is 1. The van der Waals surface area contributed by atoms with Crippen molar-refractivity contribution >= 4 is 11.8 Å². The van der Waals surface area contributed by atoms with E-state index < -0.39 is 5.54 Å². The highest BCUT2D eigenvalue weighted by Gasteiger charge is 2.49. The SMILES string of the molecule is CCC(=O)N1CCc2[nH]cnc2C12CCN(C(=O)c1noc3c1CCCC3)CC2. The molecule has 154 valence electrons. The number of likely N-dealkylation sites (tertiary alicyclic amines) is 1. The minimum Gasteiger partial charge on any atom is -0.360 e.